The molecule has 0 unspecified atom stereocenters. The number of halogens is 3. The second-order valence-corrected chi connectivity index (χ2v) is 7.58. The maximum absolute atomic E-state index is 12.6. The molecule has 11 heteroatoms. The standard InChI is InChI=1S/C19H22N4O2.C2HF3O2/c1-14-2-4-16(5-3-14)25-17-10-15-12-23(9-8-22(15)13-17)19(24)18-11-20-6-7-21-18;3-2(4,5)1(6)7/h2-7,11,15,17H,8-10,12-13H2,1H3;(H,6,7)/t15-,17+;/m0./s1. The van der Waals surface area contributed by atoms with Gasteiger partial charge in [0.1, 0.15) is 17.5 Å². The Hall–Kier alpha value is -3.21. The van der Waals surface area contributed by atoms with Gasteiger partial charge in [0.15, 0.2) is 0 Å². The number of nitrogens with zero attached hydrogens (tertiary/aromatic N) is 4. The highest BCUT2D eigenvalue weighted by Gasteiger charge is 2.39. The minimum atomic E-state index is -5.08. The van der Waals surface area contributed by atoms with E-state index in [1.165, 1.54) is 11.8 Å². The Balaban J connectivity index is 0.000000360. The molecule has 8 nitrogen and oxygen atoms in total. The summed E-state index contributed by atoms with van der Waals surface area (Å²) in [6.45, 7) is 5.32. The summed E-state index contributed by atoms with van der Waals surface area (Å²) >= 11 is 0. The zero-order chi connectivity index (χ0) is 23.3. The van der Waals surface area contributed by atoms with E-state index in [1.807, 2.05) is 17.0 Å². The number of alkyl halides is 3. The number of fused-ring (bicyclic) bond motifs is 1. The average molecular weight is 452 g/mol. The van der Waals surface area contributed by atoms with Gasteiger partial charge in [0.2, 0.25) is 0 Å². The summed E-state index contributed by atoms with van der Waals surface area (Å²) in [4.78, 5) is 33.9. The monoisotopic (exact) mass is 452 g/mol. The van der Waals surface area contributed by atoms with Crippen LogP contribution in [-0.2, 0) is 4.79 Å². The van der Waals surface area contributed by atoms with Crippen LogP contribution < -0.4 is 4.74 Å². The van der Waals surface area contributed by atoms with Gasteiger partial charge in [-0.3, -0.25) is 14.7 Å². The molecule has 1 N–H and O–H groups in total. The van der Waals surface area contributed by atoms with Gasteiger partial charge in [0, 0.05) is 51.0 Å². The van der Waals surface area contributed by atoms with E-state index in [9.17, 15) is 18.0 Å². The van der Waals surface area contributed by atoms with Gasteiger partial charge >= 0.3 is 12.1 Å². The summed E-state index contributed by atoms with van der Waals surface area (Å²) in [5.41, 5.74) is 1.65. The minimum absolute atomic E-state index is 0.0318. The number of carboxylic acids is 1. The molecule has 4 rings (SSSR count). The van der Waals surface area contributed by atoms with Gasteiger partial charge in [-0.25, -0.2) is 9.78 Å². The van der Waals surface area contributed by atoms with Crippen LogP contribution in [0.15, 0.2) is 42.9 Å². The highest BCUT2D eigenvalue weighted by molar-refractivity contribution is 5.92. The van der Waals surface area contributed by atoms with Crippen LogP contribution in [0.4, 0.5) is 13.2 Å². The summed E-state index contributed by atoms with van der Waals surface area (Å²) in [7, 11) is 0. The molecule has 0 bridgehead atoms. The Morgan fingerprint density at radius 3 is 2.41 bits per heavy atom. The number of aryl methyl sites for hydroxylation is 1. The lowest BCUT2D eigenvalue weighted by Crippen LogP contribution is -2.52. The quantitative estimate of drug-likeness (QED) is 0.764. The zero-order valence-electron chi connectivity index (χ0n) is 17.3. The van der Waals surface area contributed by atoms with Crippen LogP contribution >= 0.6 is 0 Å². The van der Waals surface area contributed by atoms with Crippen LogP contribution in [0.1, 0.15) is 22.5 Å². The van der Waals surface area contributed by atoms with E-state index in [-0.39, 0.29) is 12.0 Å². The van der Waals surface area contributed by atoms with E-state index in [1.54, 1.807) is 12.4 Å². The molecule has 1 aromatic carbocycles. The van der Waals surface area contributed by atoms with Crippen molar-refractivity contribution in [2.75, 3.05) is 26.2 Å². The van der Waals surface area contributed by atoms with Crippen molar-refractivity contribution in [3.8, 4) is 5.75 Å². The second kappa shape index (κ2) is 9.94. The predicted octanol–water partition coefficient (Wildman–Crippen LogP) is 2.40. The highest BCUT2D eigenvalue weighted by Crippen LogP contribution is 2.26. The molecule has 2 atom stereocenters. The Bertz CT molecular complexity index is 925. The van der Waals surface area contributed by atoms with Crippen molar-refractivity contribution in [3.63, 3.8) is 0 Å². The Morgan fingerprint density at radius 2 is 1.81 bits per heavy atom. The highest BCUT2D eigenvalue weighted by atomic mass is 19.4. The Morgan fingerprint density at radius 1 is 1.12 bits per heavy atom. The molecular formula is C21H23F3N4O4. The molecule has 0 saturated carbocycles. The van der Waals surface area contributed by atoms with Crippen molar-refractivity contribution < 1.29 is 32.6 Å². The maximum Gasteiger partial charge on any atom is 0.490 e. The van der Waals surface area contributed by atoms with Crippen molar-refractivity contribution in [1.29, 1.82) is 0 Å². The van der Waals surface area contributed by atoms with Crippen molar-refractivity contribution in [2.45, 2.75) is 31.7 Å². The van der Waals surface area contributed by atoms with Crippen LogP contribution in [0, 0.1) is 6.92 Å². The first kappa shape index (κ1) is 23.5. The number of carbonyl (C=O) groups excluding carboxylic acids is 1. The molecular weight excluding hydrogens is 429 g/mol. The smallest absolute Gasteiger partial charge is 0.489 e. The van der Waals surface area contributed by atoms with E-state index in [0.717, 1.165) is 38.3 Å². The molecule has 172 valence electrons. The number of carbonyl (C=O) groups is 2. The third-order valence-electron chi connectivity index (χ3n) is 5.21. The van der Waals surface area contributed by atoms with Crippen LogP contribution in [0.25, 0.3) is 0 Å². The van der Waals surface area contributed by atoms with Crippen LogP contribution in [0.3, 0.4) is 0 Å². The van der Waals surface area contributed by atoms with E-state index in [2.05, 4.69) is 33.9 Å². The van der Waals surface area contributed by atoms with Crippen molar-refractivity contribution in [3.05, 3.63) is 54.1 Å². The fourth-order valence-corrected chi connectivity index (χ4v) is 3.65. The van der Waals surface area contributed by atoms with Crippen LogP contribution in [0.5, 0.6) is 5.75 Å². The summed E-state index contributed by atoms with van der Waals surface area (Å²) < 4.78 is 37.9. The van der Waals surface area contributed by atoms with Crippen molar-refractivity contribution in [2.24, 2.45) is 0 Å². The number of aromatic nitrogens is 2. The first-order chi connectivity index (χ1) is 15.1. The second-order valence-electron chi connectivity index (χ2n) is 7.58. The fraction of sp³-hybridized carbons (Fsp3) is 0.429. The van der Waals surface area contributed by atoms with Gasteiger partial charge in [-0.15, -0.1) is 0 Å². The van der Waals surface area contributed by atoms with Gasteiger partial charge < -0.3 is 14.7 Å². The van der Waals surface area contributed by atoms with Gasteiger partial charge in [-0.1, -0.05) is 17.7 Å². The maximum atomic E-state index is 12.6. The lowest BCUT2D eigenvalue weighted by atomic mass is 10.1. The van der Waals surface area contributed by atoms with Crippen LogP contribution in [0.2, 0.25) is 0 Å². The van der Waals surface area contributed by atoms with E-state index in [4.69, 9.17) is 14.6 Å². The number of amides is 1. The number of hydrogen-bond acceptors (Lipinski definition) is 6. The molecule has 32 heavy (non-hydrogen) atoms. The van der Waals surface area contributed by atoms with E-state index in [0.29, 0.717) is 11.7 Å². The molecule has 2 aliphatic rings. The molecule has 2 saturated heterocycles. The molecule has 0 radical (unpaired) electrons. The molecule has 3 heterocycles. The number of carboxylic acid groups (broad SMARTS) is 1. The van der Waals surface area contributed by atoms with E-state index >= 15 is 0 Å². The lowest BCUT2D eigenvalue weighted by Gasteiger charge is -2.36. The molecule has 0 spiro atoms. The summed E-state index contributed by atoms with van der Waals surface area (Å²) in [6, 6.07) is 8.54. The average Bonchev–Trinajstić information content (AvgIpc) is 3.16. The van der Waals surface area contributed by atoms with Crippen molar-refractivity contribution >= 4 is 11.9 Å². The number of piperazine rings is 1. The molecule has 1 amide bonds. The third-order valence-corrected chi connectivity index (χ3v) is 5.21. The lowest BCUT2D eigenvalue weighted by molar-refractivity contribution is -0.192. The summed E-state index contributed by atoms with van der Waals surface area (Å²) in [5.74, 6) is -1.87. The summed E-state index contributed by atoms with van der Waals surface area (Å²) in [5, 5.41) is 7.12. The first-order valence-electron chi connectivity index (χ1n) is 9.96. The topological polar surface area (TPSA) is 95.9 Å². The number of hydrogen-bond donors (Lipinski definition) is 1. The molecule has 2 fully saturated rings. The SMILES string of the molecule is Cc1ccc(O[C@@H]2C[C@H]3CN(C(=O)c4cnccn4)CCN3C2)cc1.O=C(O)C(F)(F)F. The number of benzene rings is 1. The van der Waals surface area contributed by atoms with Gasteiger partial charge in [0.05, 0.1) is 6.20 Å². The predicted molar refractivity (Wildman–Crippen MR) is 107 cm³/mol. The minimum Gasteiger partial charge on any atom is -0.489 e. The fourth-order valence-electron chi connectivity index (χ4n) is 3.65. The number of rotatable bonds is 3. The molecule has 2 aromatic rings. The molecule has 1 aromatic heterocycles. The van der Waals surface area contributed by atoms with E-state index < -0.39 is 12.1 Å². The first-order valence-corrected chi connectivity index (χ1v) is 9.96. The van der Waals surface area contributed by atoms with Gasteiger partial charge in [-0.05, 0) is 19.1 Å². The summed E-state index contributed by atoms with van der Waals surface area (Å²) in [6.07, 6.45) is 0.716. The van der Waals surface area contributed by atoms with Gasteiger partial charge in [0.25, 0.3) is 5.91 Å². The van der Waals surface area contributed by atoms with Crippen molar-refractivity contribution in [1.82, 2.24) is 19.8 Å². The van der Waals surface area contributed by atoms with Gasteiger partial charge in [-0.2, -0.15) is 13.2 Å². The third kappa shape index (κ3) is 6.16. The Kier molecular flexibility index (Phi) is 7.29. The molecule has 2 aliphatic heterocycles. The van der Waals surface area contributed by atoms with Crippen LogP contribution in [-0.4, -0.2) is 81.3 Å². The largest absolute Gasteiger partial charge is 0.490 e. The zero-order valence-corrected chi connectivity index (χ0v) is 17.3. The molecule has 0 aliphatic carbocycles. The number of aliphatic carboxylic acids is 1. The number of ether oxygens (including phenoxy) is 1. The normalized spacial score (nSPS) is 20.7. The Labute approximate surface area is 182 Å².